The van der Waals surface area contributed by atoms with Crippen molar-refractivity contribution in [3.63, 3.8) is 0 Å². The van der Waals surface area contributed by atoms with Gasteiger partial charge in [0.2, 0.25) is 0 Å². The van der Waals surface area contributed by atoms with E-state index in [1.807, 2.05) is 0 Å². The summed E-state index contributed by atoms with van der Waals surface area (Å²) >= 11 is 0. The van der Waals surface area contributed by atoms with E-state index in [1.165, 1.54) is 19.2 Å². The van der Waals surface area contributed by atoms with Crippen LogP contribution in [-0.4, -0.2) is 26.5 Å². The first-order valence-electron chi connectivity index (χ1n) is 8.74. The number of carbonyl (C=O) groups excluding carboxylic acids is 1. The van der Waals surface area contributed by atoms with Crippen LogP contribution in [0.2, 0.25) is 0 Å². The first kappa shape index (κ1) is 19.8. The van der Waals surface area contributed by atoms with Crippen LogP contribution in [-0.2, 0) is 16.4 Å². The Kier molecular flexibility index (Phi) is 5.33. The lowest BCUT2D eigenvalue weighted by Crippen LogP contribution is -2.25. The van der Waals surface area contributed by atoms with Crippen LogP contribution in [0.5, 0.6) is 5.75 Å². The van der Waals surface area contributed by atoms with E-state index in [4.69, 9.17) is 4.74 Å². The number of carbonyl (C=O) groups is 1. The molecule has 1 heterocycles. The van der Waals surface area contributed by atoms with Crippen molar-refractivity contribution in [2.75, 3.05) is 11.8 Å². The second-order valence-corrected chi connectivity index (χ2v) is 8.60. The second-order valence-electron chi connectivity index (χ2n) is 6.92. The molecule has 0 aliphatic carbocycles. The summed E-state index contributed by atoms with van der Waals surface area (Å²) in [5, 5.41) is 11.9. The fourth-order valence-corrected chi connectivity index (χ4v) is 4.12. The van der Waals surface area contributed by atoms with Crippen molar-refractivity contribution in [3.05, 3.63) is 53.7 Å². The third-order valence-electron chi connectivity index (χ3n) is 4.32. The number of benzene rings is 2. The lowest BCUT2D eigenvalue weighted by Gasteiger charge is -2.11. The van der Waals surface area contributed by atoms with E-state index in [0.29, 0.717) is 22.6 Å². The molecule has 0 amide bonds. The Bertz CT molecular complexity index is 1120. The molecule has 3 rings (SSSR count). The molecule has 0 unspecified atom stereocenters. The van der Waals surface area contributed by atoms with Gasteiger partial charge in [-0.15, -0.1) is 0 Å². The smallest absolute Gasteiger partial charge is 0.261 e. The molecule has 0 bridgehead atoms. The first-order chi connectivity index (χ1) is 13.2. The number of nitrogens with one attached hydrogen (secondary N) is 2. The zero-order valence-electron chi connectivity index (χ0n) is 15.8. The highest BCUT2D eigenvalue weighted by molar-refractivity contribution is 7.92. The number of hydrogen-bond acceptors (Lipinski definition) is 5. The minimum absolute atomic E-state index is 0.0431. The molecule has 2 aromatic carbocycles. The Hall–Kier alpha value is -3.00. The number of carboxylic acids is 1. The number of ether oxygens (including phenoxy) is 1. The minimum atomic E-state index is -4.00. The van der Waals surface area contributed by atoms with Crippen molar-refractivity contribution in [1.82, 2.24) is 4.98 Å². The summed E-state index contributed by atoms with van der Waals surface area (Å²) in [4.78, 5) is 14.2. The fraction of sp³-hybridized carbons (Fsp3) is 0.250. The number of methoxy groups -OCH3 is 1. The van der Waals surface area contributed by atoms with E-state index in [0.717, 1.165) is 12.0 Å². The number of fused-ring (bicyclic) bond motifs is 1. The molecule has 0 spiro atoms. The summed E-state index contributed by atoms with van der Waals surface area (Å²) in [6, 6.07) is 11.3. The van der Waals surface area contributed by atoms with E-state index in [1.54, 1.807) is 30.3 Å². The van der Waals surface area contributed by atoms with E-state index in [2.05, 4.69) is 23.6 Å². The number of H-pyrrole nitrogens is 1. The number of sulfonamides is 1. The molecular weight excluding hydrogens is 380 g/mol. The maximum Gasteiger partial charge on any atom is 0.261 e. The van der Waals surface area contributed by atoms with E-state index in [9.17, 15) is 18.3 Å². The number of hydrogen-bond donors (Lipinski definition) is 2. The highest BCUT2D eigenvalue weighted by Crippen LogP contribution is 2.32. The van der Waals surface area contributed by atoms with Gasteiger partial charge >= 0.3 is 0 Å². The molecule has 0 aliphatic rings. The number of anilines is 1. The van der Waals surface area contributed by atoms with Crippen molar-refractivity contribution in [2.45, 2.75) is 25.2 Å². The molecule has 0 radical (unpaired) electrons. The van der Waals surface area contributed by atoms with E-state index < -0.39 is 16.0 Å². The molecule has 3 aromatic rings. The maximum atomic E-state index is 12.8. The van der Waals surface area contributed by atoms with Gasteiger partial charge in [0.05, 0.1) is 29.4 Å². The topological polar surface area (TPSA) is 111 Å². The summed E-state index contributed by atoms with van der Waals surface area (Å²) in [6.45, 7) is 4.16. The van der Waals surface area contributed by atoms with Crippen molar-refractivity contribution in [2.24, 2.45) is 5.92 Å². The SMILES string of the molecule is COc1ccc2[nH]c(C(=O)[O-])c(NS(=O)(=O)c3ccc(CC(C)C)cc3)c2c1. The van der Waals surface area contributed by atoms with Gasteiger partial charge in [-0.1, -0.05) is 26.0 Å². The third-order valence-corrected chi connectivity index (χ3v) is 5.69. The van der Waals surface area contributed by atoms with Crippen molar-refractivity contribution < 1.29 is 23.1 Å². The normalized spacial score (nSPS) is 11.7. The Morgan fingerprint density at radius 3 is 2.43 bits per heavy atom. The predicted octanol–water partition coefficient (Wildman–Crippen LogP) is 2.54. The number of rotatable bonds is 7. The molecule has 148 valence electrons. The lowest BCUT2D eigenvalue weighted by molar-refractivity contribution is -0.255. The minimum Gasteiger partial charge on any atom is -0.543 e. The Morgan fingerprint density at radius 2 is 1.86 bits per heavy atom. The van der Waals surface area contributed by atoms with Gasteiger partial charge in [0, 0.05) is 10.9 Å². The molecule has 0 fully saturated rings. The van der Waals surface area contributed by atoms with Crippen LogP contribution in [0, 0.1) is 5.92 Å². The Morgan fingerprint density at radius 1 is 1.18 bits per heavy atom. The summed E-state index contributed by atoms with van der Waals surface area (Å²) in [5.74, 6) is -0.595. The zero-order chi connectivity index (χ0) is 20.5. The van der Waals surface area contributed by atoms with Crippen LogP contribution in [0.25, 0.3) is 10.9 Å². The number of carboxylic acid groups (broad SMARTS) is 1. The Labute approximate surface area is 163 Å². The van der Waals surface area contributed by atoms with Crippen LogP contribution in [0.15, 0.2) is 47.4 Å². The molecule has 28 heavy (non-hydrogen) atoms. The van der Waals surface area contributed by atoms with Gasteiger partial charge in [0.1, 0.15) is 5.75 Å². The van der Waals surface area contributed by atoms with Crippen LogP contribution in [0.4, 0.5) is 5.69 Å². The van der Waals surface area contributed by atoms with Crippen LogP contribution in [0.1, 0.15) is 29.9 Å². The van der Waals surface area contributed by atoms with E-state index >= 15 is 0 Å². The lowest BCUT2D eigenvalue weighted by atomic mass is 10.0. The summed E-state index contributed by atoms with van der Waals surface area (Å²) in [7, 11) is -2.53. The average molecular weight is 401 g/mol. The van der Waals surface area contributed by atoms with Crippen LogP contribution in [0.3, 0.4) is 0 Å². The zero-order valence-corrected chi connectivity index (χ0v) is 16.6. The van der Waals surface area contributed by atoms with Gasteiger partial charge in [-0.2, -0.15) is 0 Å². The fourth-order valence-electron chi connectivity index (χ4n) is 3.03. The molecule has 7 nitrogen and oxygen atoms in total. The first-order valence-corrected chi connectivity index (χ1v) is 10.2. The van der Waals surface area contributed by atoms with Crippen LogP contribution >= 0.6 is 0 Å². The van der Waals surface area contributed by atoms with Crippen molar-refractivity contribution >= 4 is 32.6 Å². The monoisotopic (exact) mass is 401 g/mol. The summed E-state index contributed by atoms with van der Waals surface area (Å²) in [6.07, 6.45) is 0.838. The average Bonchev–Trinajstić information content (AvgIpc) is 2.99. The van der Waals surface area contributed by atoms with Gasteiger partial charge in [-0.3, -0.25) is 4.72 Å². The predicted molar refractivity (Wildman–Crippen MR) is 105 cm³/mol. The van der Waals surface area contributed by atoms with Gasteiger partial charge < -0.3 is 19.6 Å². The summed E-state index contributed by atoms with van der Waals surface area (Å²) < 4.78 is 33.2. The van der Waals surface area contributed by atoms with Gasteiger partial charge in [0.25, 0.3) is 10.0 Å². The van der Waals surface area contributed by atoms with Crippen LogP contribution < -0.4 is 14.6 Å². The van der Waals surface area contributed by atoms with Gasteiger partial charge in [-0.25, -0.2) is 8.42 Å². The highest BCUT2D eigenvalue weighted by atomic mass is 32.2. The highest BCUT2D eigenvalue weighted by Gasteiger charge is 2.21. The molecule has 2 N–H and O–H groups in total. The Balaban J connectivity index is 2.02. The molecule has 0 saturated carbocycles. The number of aromatic amines is 1. The molecule has 1 aromatic heterocycles. The largest absolute Gasteiger partial charge is 0.543 e. The molecule has 8 heteroatoms. The second kappa shape index (κ2) is 7.55. The van der Waals surface area contributed by atoms with Crippen molar-refractivity contribution in [1.29, 1.82) is 0 Å². The standard InChI is InChI=1S/C20H22N2O5S/c1-12(2)10-13-4-7-15(8-5-13)28(25,26)22-18-16-11-14(27-3)6-9-17(16)21-19(18)20(23)24/h4-9,11-12,21-22H,10H2,1-3H3,(H,23,24)/p-1. The maximum absolute atomic E-state index is 12.8. The van der Waals surface area contributed by atoms with Gasteiger partial charge in [0.15, 0.2) is 0 Å². The summed E-state index contributed by atoms with van der Waals surface area (Å²) in [5.41, 5.74) is 1.05. The number of aromatic carboxylic acids is 1. The quantitative estimate of drug-likeness (QED) is 0.632. The molecular formula is C20H21N2O5S-. The van der Waals surface area contributed by atoms with Gasteiger partial charge in [-0.05, 0) is 48.2 Å². The van der Waals surface area contributed by atoms with Crippen molar-refractivity contribution in [3.8, 4) is 5.75 Å². The third kappa shape index (κ3) is 3.96. The molecule has 0 saturated heterocycles. The number of aromatic nitrogens is 1. The van der Waals surface area contributed by atoms with E-state index in [-0.39, 0.29) is 16.3 Å². The molecule has 0 atom stereocenters. The molecule has 0 aliphatic heterocycles.